The predicted molar refractivity (Wildman–Crippen MR) is 78.3 cm³/mol. The molecule has 4 nitrogen and oxygen atoms in total. The minimum atomic E-state index is 0.759. The highest BCUT2D eigenvalue weighted by Crippen LogP contribution is 2.23. The molecule has 0 radical (unpaired) electrons. The maximum absolute atomic E-state index is 5.92. The van der Waals surface area contributed by atoms with Crippen molar-refractivity contribution < 1.29 is 4.74 Å². The van der Waals surface area contributed by atoms with Crippen LogP contribution < -0.4 is 15.8 Å². The van der Waals surface area contributed by atoms with E-state index in [-0.39, 0.29) is 0 Å². The van der Waals surface area contributed by atoms with Crippen LogP contribution >= 0.6 is 0 Å². The van der Waals surface area contributed by atoms with Crippen LogP contribution in [0.15, 0.2) is 18.2 Å². The van der Waals surface area contributed by atoms with Crippen LogP contribution in [0.1, 0.15) is 20.3 Å². The lowest BCUT2D eigenvalue weighted by Crippen LogP contribution is -2.29. The zero-order valence-corrected chi connectivity index (χ0v) is 11.7. The zero-order chi connectivity index (χ0) is 13.4. The standard InChI is InChI=1S/C14H25N3O/c1-4-9-17(5-2)10-8-16-14-11-12(18-3)6-7-13(14)15/h6-7,11,16H,4-5,8-10,15H2,1-3H3. The van der Waals surface area contributed by atoms with Crippen molar-refractivity contribution >= 4 is 11.4 Å². The van der Waals surface area contributed by atoms with Gasteiger partial charge in [-0.2, -0.15) is 0 Å². The normalized spacial score (nSPS) is 10.7. The maximum atomic E-state index is 5.92. The second-order valence-corrected chi connectivity index (χ2v) is 4.31. The summed E-state index contributed by atoms with van der Waals surface area (Å²) in [6.07, 6.45) is 1.19. The molecule has 0 saturated carbocycles. The number of nitrogen functional groups attached to an aromatic ring is 1. The van der Waals surface area contributed by atoms with Crippen LogP contribution in [0.5, 0.6) is 5.75 Å². The summed E-state index contributed by atoms with van der Waals surface area (Å²) in [6.45, 7) is 8.55. The van der Waals surface area contributed by atoms with E-state index in [0.29, 0.717) is 0 Å². The monoisotopic (exact) mass is 251 g/mol. The van der Waals surface area contributed by atoms with Gasteiger partial charge in [-0.15, -0.1) is 0 Å². The van der Waals surface area contributed by atoms with Crippen molar-refractivity contribution in [3.63, 3.8) is 0 Å². The molecule has 0 unspecified atom stereocenters. The molecule has 4 heteroatoms. The molecule has 1 aromatic rings. The van der Waals surface area contributed by atoms with Gasteiger partial charge in [0.2, 0.25) is 0 Å². The number of ether oxygens (including phenoxy) is 1. The maximum Gasteiger partial charge on any atom is 0.121 e. The summed E-state index contributed by atoms with van der Waals surface area (Å²) >= 11 is 0. The van der Waals surface area contributed by atoms with Gasteiger partial charge < -0.3 is 20.7 Å². The molecule has 1 aromatic carbocycles. The van der Waals surface area contributed by atoms with E-state index in [4.69, 9.17) is 10.5 Å². The molecule has 0 amide bonds. The molecule has 0 aromatic heterocycles. The van der Waals surface area contributed by atoms with E-state index in [2.05, 4.69) is 24.1 Å². The highest BCUT2D eigenvalue weighted by atomic mass is 16.5. The zero-order valence-electron chi connectivity index (χ0n) is 11.7. The molecule has 0 fully saturated rings. The number of likely N-dealkylation sites (N-methyl/N-ethyl adjacent to an activating group) is 1. The highest BCUT2D eigenvalue weighted by molar-refractivity contribution is 5.68. The summed E-state index contributed by atoms with van der Waals surface area (Å²) in [6, 6.07) is 5.67. The number of rotatable bonds is 8. The first-order valence-corrected chi connectivity index (χ1v) is 6.61. The van der Waals surface area contributed by atoms with Crippen molar-refractivity contribution in [2.24, 2.45) is 0 Å². The number of nitrogens with two attached hydrogens (primary N) is 1. The Balaban J connectivity index is 2.47. The van der Waals surface area contributed by atoms with Gasteiger partial charge in [0.1, 0.15) is 5.75 Å². The summed E-state index contributed by atoms with van der Waals surface area (Å²) in [4.78, 5) is 2.42. The Kier molecular flexibility index (Phi) is 6.36. The lowest BCUT2D eigenvalue weighted by atomic mass is 10.2. The number of methoxy groups -OCH3 is 1. The molecule has 0 saturated heterocycles. The summed E-state index contributed by atoms with van der Waals surface area (Å²) in [5, 5.41) is 3.36. The lowest BCUT2D eigenvalue weighted by Gasteiger charge is -2.20. The van der Waals surface area contributed by atoms with Crippen molar-refractivity contribution in [3.05, 3.63) is 18.2 Å². The van der Waals surface area contributed by atoms with Crippen LogP contribution in [-0.2, 0) is 0 Å². The second kappa shape index (κ2) is 7.82. The Bertz CT molecular complexity index is 355. The molecule has 3 N–H and O–H groups in total. The molecule has 0 aliphatic heterocycles. The van der Waals surface area contributed by atoms with Gasteiger partial charge >= 0.3 is 0 Å². The third-order valence-electron chi connectivity index (χ3n) is 2.99. The molecule has 0 heterocycles. The first-order chi connectivity index (χ1) is 8.71. The summed E-state index contributed by atoms with van der Waals surface area (Å²) in [5.41, 5.74) is 7.63. The minimum absolute atomic E-state index is 0.759. The summed E-state index contributed by atoms with van der Waals surface area (Å²) in [5.74, 6) is 0.826. The van der Waals surface area contributed by atoms with Crippen LogP contribution in [-0.4, -0.2) is 38.2 Å². The van der Waals surface area contributed by atoms with Crippen LogP contribution in [0.4, 0.5) is 11.4 Å². The van der Waals surface area contributed by atoms with Gasteiger partial charge in [-0.05, 0) is 31.6 Å². The first-order valence-electron chi connectivity index (χ1n) is 6.61. The quantitative estimate of drug-likeness (QED) is 0.697. The third-order valence-corrected chi connectivity index (χ3v) is 2.99. The van der Waals surface area contributed by atoms with Gasteiger partial charge in [0.15, 0.2) is 0 Å². The van der Waals surface area contributed by atoms with E-state index in [1.54, 1.807) is 7.11 Å². The van der Waals surface area contributed by atoms with Crippen molar-refractivity contribution in [2.75, 3.05) is 44.3 Å². The van der Waals surface area contributed by atoms with E-state index < -0.39 is 0 Å². The smallest absolute Gasteiger partial charge is 0.121 e. The summed E-state index contributed by atoms with van der Waals surface area (Å²) < 4.78 is 5.19. The Morgan fingerprint density at radius 3 is 2.67 bits per heavy atom. The van der Waals surface area contributed by atoms with Gasteiger partial charge in [-0.3, -0.25) is 0 Å². The fraction of sp³-hybridized carbons (Fsp3) is 0.571. The number of benzene rings is 1. The van der Waals surface area contributed by atoms with Crippen LogP contribution in [0, 0.1) is 0 Å². The van der Waals surface area contributed by atoms with Crippen LogP contribution in [0.2, 0.25) is 0 Å². The van der Waals surface area contributed by atoms with E-state index in [1.165, 1.54) is 6.42 Å². The molecule has 18 heavy (non-hydrogen) atoms. The molecule has 0 atom stereocenters. The third kappa shape index (κ3) is 4.45. The van der Waals surface area contributed by atoms with Crippen molar-refractivity contribution in [2.45, 2.75) is 20.3 Å². The Morgan fingerprint density at radius 2 is 2.06 bits per heavy atom. The molecule has 1 rings (SSSR count). The molecule has 0 bridgehead atoms. The average Bonchev–Trinajstić information content (AvgIpc) is 2.39. The Morgan fingerprint density at radius 1 is 1.28 bits per heavy atom. The topological polar surface area (TPSA) is 50.5 Å². The van der Waals surface area contributed by atoms with E-state index in [9.17, 15) is 0 Å². The van der Waals surface area contributed by atoms with Crippen molar-refractivity contribution in [3.8, 4) is 5.75 Å². The number of nitrogens with one attached hydrogen (secondary N) is 1. The van der Waals surface area contributed by atoms with Crippen molar-refractivity contribution in [1.29, 1.82) is 0 Å². The van der Waals surface area contributed by atoms with Gasteiger partial charge in [0, 0.05) is 19.2 Å². The predicted octanol–water partition coefficient (Wildman–Crippen LogP) is 2.42. The van der Waals surface area contributed by atoms with Gasteiger partial charge in [0.05, 0.1) is 18.5 Å². The lowest BCUT2D eigenvalue weighted by molar-refractivity contribution is 0.300. The molecule has 102 valence electrons. The van der Waals surface area contributed by atoms with Gasteiger partial charge in [-0.1, -0.05) is 13.8 Å². The second-order valence-electron chi connectivity index (χ2n) is 4.31. The number of anilines is 2. The van der Waals surface area contributed by atoms with Crippen LogP contribution in [0.25, 0.3) is 0 Å². The molecule has 0 aliphatic carbocycles. The Hall–Kier alpha value is -1.42. The SMILES string of the molecule is CCCN(CC)CCNc1cc(OC)ccc1N. The molecular formula is C14H25N3O. The fourth-order valence-corrected chi connectivity index (χ4v) is 1.91. The summed E-state index contributed by atoms with van der Waals surface area (Å²) in [7, 11) is 1.66. The van der Waals surface area contributed by atoms with Crippen LogP contribution in [0.3, 0.4) is 0 Å². The van der Waals surface area contributed by atoms with E-state index in [1.807, 2.05) is 18.2 Å². The molecular weight excluding hydrogens is 226 g/mol. The largest absolute Gasteiger partial charge is 0.497 e. The minimum Gasteiger partial charge on any atom is -0.497 e. The fourth-order valence-electron chi connectivity index (χ4n) is 1.91. The number of hydrogen-bond acceptors (Lipinski definition) is 4. The molecule has 0 aliphatic rings. The van der Waals surface area contributed by atoms with Crippen molar-refractivity contribution in [1.82, 2.24) is 4.90 Å². The van der Waals surface area contributed by atoms with E-state index >= 15 is 0 Å². The van der Waals surface area contributed by atoms with E-state index in [0.717, 1.165) is 43.3 Å². The highest BCUT2D eigenvalue weighted by Gasteiger charge is 2.03. The first kappa shape index (κ1) is 14.6. The number of hydrogen-bond donors (Lipinski definition) is 2. The van der Waals surface area contributed by atoms with Gasteiger partial charge in [-0.25, -0.2) is 0 Å². The Labute approximate surface area is 110 Å². The van der Waals surface area contributed by atoms with Gasteiger partial charge in [0.25, 0.3) is 0 Å². The average molecular weight is 251 g/mol. The number of nitrogens with zero attached hydrogens (tertiary/aromatic N) is 1. The molecule has 0 spiro atoms.